The van der Waals surface area contributed by atoms with Crippen molar-refractivity contribution in [1.29, 1.82) is 0 Å². The van der Waals surface area contributed by atoms with Gasteiger partial charge in [-0.15, -0.1) is 11.3 Å². The molecule has 1 aromatic rings. The summed E-state index contributed by atoms with van der Waals surface area (Å²) in [7, 11) is 1.44. The molecule has 9 heteroatoms. The molecule has 0 aliphatic carbocycles. The van der Waals surface area contributed by atoms with Crippen LogP contribution >= 0.6 is 11.3 Å². The lowest BCUT2D eigenvalue weighted by Gasteiger charge is -2.30. The van der Waals surface area contributed by atoms with Crippen molar-refractivity contribution in [2.45, 2.75) is 32.4 Å². The fourth-order valence-corrected chi connectivity index (χ4v) is 4.10. The number of amides is 3. The summed E-state index contributed by atoms with van der Waals surface area (Å²) < 4.78 is 4.97. The molecule has 1 fully saturated rings. The number of nitrogens with two attached hydrogens (primary N) is 1. The van der Waals surface area contributed by atoms with Crippen molar-refractivity contribution < 1.29 is 19.1 Å². The molecule has 2 heterocycles. The molecule has 3 N–H and O–H groups in total. The number of carbonyl (C=O) groups excluding carboxylic acids is 3. The van der Waals surface area contributed by atoms with Gasteiger partial charge in [0.2, 0.25) is 11.8 Å². The molecular weight excluding hydrogens is 380 g/mol. The Morgan fingerprint density at radius 2 is 2.18 bits per heavy atom. The summed E-state index contributed by atoms with van der Waals surface area (Å²) in [4.78, 5) is 42.2. The Morgan fingerprint density at radius 3 is 2.75 bits per heavy atom. The Hall–Kier alpha value is -1.97. The molecule has 156 valence electrons. The van der Waals surface area contributed by atoms with Crippen molar-refractivity contribution in [3.8, 4) is 0 Å². The number of ether oxygens (including phenoxy) is 1. The number of hydrogen-bond donors (Lipinski definition) is 2. The predicted molar refractivity (Wildman–Crippen MR) is 108 cm³/mol. The molecule has 1 saturated heterocycles. The van der Waals surface area contributed by atoms with Gasteiger partial charge in [0.15, 0.2) is 0 Å². The predicted octanol–water partition coefficient (Wildman–Crippen LogP) is 0.537. The summed E-state index contributed by atoms with van der Waals surface area (Å²) in [6.07, 6.45) is 0.399. The number of rotatable bonds is 9. The summed E-state index contributed by atoms with van der Waals surface area (Å²) in [5.74, 6) is -0.301. The first-order chi connectivity index (χ1) is 13.4. The third-order valence-electron chi connectivity index (χ3n) is 4.61. The zero-order valence-corrected chi connectivity index (χ0v) is 17.5. The summed E-state index contributed by atoms with van der Waals surface area (Å²) in [6, 6.07) is 2.78. The molecule has 1 aliphatic heterocycles. The van der Waals surface area contributed by atoms with Gasteiger partial charge in [-0.3, -0.25) is 14.4 Å². The number of likely N-dealkylation sites (tertiary alicyclic amines) is 1. The summed E-state index contributed by atoms with van der Waals surface area (Å²) in [5, 5.41) is 4.63. The quantitative estimate of drug-likeness (QED) is 0.618. The highest BCUT2D eigenvalue weighted by Crippen LogP contribution is 2.26. The molecule has 1 aliphatic rings. The number of carbonyl (C=O) groups is 3. The second-order valence-electron chi connectivity index (χ2n) is 7.29. The highest BCUT2D eigenvalue weighted by atomic mass is 32.1. The highest BCUT2D eigenvalue weighted by Gasteiger charge is 2.43. The Balaban J connectivity index is 2.24. The van der Waals surface area contributed by atoms with Crippen LogP contribution in [0.25, 0.3) is 0 Å². The monoisotopic (exact) mass is 410 g/mol. The van der Waals surface area contributed by atoms with E-state index in [1.807, 2.05) is 25.3 Å². The van der Waals surface area contributed by atoms with Gasteiger partial charge in [0, 0.05) is 33.3 Å². The molecule has 0 aromatic carbocycles. The van der Waals surface area contributed by atoms with Crippen LogP contribution in [-0.4, -0.2) is 79.5 Å². The third-order valence-corrected chi connectivity index (χ3v) is 5.47. The standard InChI is InChI=1S/C19H30N4O4S/c1-13(2)10-22(19(26)16-5-4-8-28-16)14-9-15(18(25)21-7-6-20)23(11-14)17(24)12-27-3/h4-5,8,13-15H,6-7,9-12,20H2,1-3H3,(H,21,25). The number of methoxy groups -OCH3 is 1. The van der Waals surface area contributed by atoms with Gasteiger partial charge in [-0.1, -0.05) is 19.9 Å². The van der Waals surface area contributed by atoms with Crippen LogP contribution < -0.4 is 11.1 Å². The normalized spacial score (nSPS) is 19.1. The Labute approximate surface area is 170 Å². The van der Waals surface area contributed by atoms with Gasteiger partial charge in [-0.05, 0) is 23.8 Å². The Bertz CT molecular complexity index is 665. The molecule has 0 bridgehead atoms. The topological polar surface area (TPSA) is 105 Å². The van der Waals surface area contributed by atoms with Gasteiger partial charge < -0.3 is 25.6 Å². The van der Waals surface area contributed by atoms with Crippen LogP contribution in [0.5, 0.6) is 0 Å². The van der Waals surface area contributed by atoms with Crippen LogP contribution in [-0.2, 0) is 14.3 Å². The third kappa shape index (κ3) is 5.52. The van der Waals surface area contributed by atoms with Crippen molar-refractivity contribution in [3.05, 3.63) is 22.4 Å². The fraction of sp³-hybridized carbons (Fsp3) is 0.632. The second-order valence-corrected chi connectivity index (χ2v) is 8.24. The minimum absolute atomic E-state index is 0.0594. The smallest absolute Gasteiger partial charge is 0.264 e. The molecule has 2 rings (SSSR count). The maximum atomic E-state index is 13.1. The van der Waals surface area contributed by atoms with Crippen molar-refractivity contribution in [2.24, 2.45) is 11.7 Å². The van der Waals surface area contributed by atoms with Gasteiger partial charge in [0.1, 0.15) is 12.6 Å². The Morgan fingerprint density at radius 1 is 1.43 bits per heavy atom. The first-order valence-electron chi connectivity index (χ1n) is 9.49. The maximum Gasteiger partial charge on any atom is 0.264 e. The van der Waals surface area contributed by atoms with E-state index in [-0.39, 0.29) is 36.3 Å². The van der Waals surface area contributed by atoms with Crippen LogP contribution in [0.4, 0.5) is 0 Å². The van der Waals surface area contributed by atoms with E-state index in [0.717, 1.165) is 0 Å². The molecule has 28 heavy (non-hydrogen) atoms. The summed E-state index contributed by atoms with van der Waals surface area (Å²) >= 11 is 1.39. The molecule has 1 aromatic heterocycles. The minimum atomic E-state index is -0.634. The van der Waals surface area contributed by atoms with Gasteiger partial charge in [0.25, 0.3) is 5.91 Å². The molecule has 2 unspecified atom stereocenters. The minimum Gasteiger partial charge on any atom is -0.375 e. The maximum absolute atomic E-state index is 13.1. The van der Waals surface area contributed by atoms with Crippen molar-refractivity contribution in [2.75, 3.05) is 39.9 Å². The van der Waals surface area contributed by atoms with Gasteiger partial charge >= 0.3 is 0 Å². The van der Waals surface area contributed by atoms with Crippen molar-refractivity contribution in [1.82, 2.24) is 15.1 Å². The van der Waals surface area contributed by atoms with Gasteiger partial charge in [-0.25, -0.2) is 0 Å². The zero-order valence-electron chi connectivity index (χ0n) is 16.7. The second kappa shape index (κ2) is 10.5. The van der Waals surface area contributed by atoms with Crippen LogP contribution in [0.2, 0.25) is 0 Å². The molecule has 3 amide bonds. The number of thiophene rings is 1. The van der Waals surface area contributed by atoms with Crippen molar-refractivity contribution >= 4 is 29.1 Å². The molecule has 2 atom stereocenters. The van der Waals surface area contributed by atoms with Crippen molar-refractivity contribution in [3.63, 3.8) is 0 Å². The van der Waals surface area contributed by atoms with E-state index in [4.69, 9.17) is 10.5 Å². The van der Waals surface area contributed by atoms with Crippen LogP contribution in [0.15, 0.2) is 17.5 Å². The molecule has 0 radical (unpaired) electrons. The van der Waals surface area contributed by atoms with E-state index in [9.17, 15) is 14.4 Å². The van der Waals surface area contributed by atoms with E-state index in [0.29, 0.717) is 37.5 Å². The van der Waals surface area contributed by atoms with Gasteiger partial charge in [0.05, 0.1) is 10.9 Å². The average Bonchev–Trinajstić information content (AvgIpc) is 3.33. The lowest BCUT2D eigenvalue weighted by Crippen LogP contribution is -2.48. The first kappa shape index (κ1) is 22.3. The highest BCUT2D eigenvalue weighted by molar-refractivity contribution is 7.12. The summed E-state index contributed by atoms with van der Waals surface area (Å²) in [6.45, 7) is 5.53. The zero-order chi connectivity index (χ0) is 20.7. The van der Waals surface area contributed by atoms with Crippen LogP contribution in [0, 0.1) is 5.92 Å². The number of nitrogens with zero attached hydrogens (tertiary/aromatic N) is 2. The Kier molecular flexibility index (Phi) is 8.40. The van der Waals surface area contributed by atoms with Crippen LogP contribution in [0.3, 0.4) is 0 Å². The molecule has 0 saturated carbocycles. The van der Waals surface area contributed by atoms with Crippen LogP contribution in [0.1, 0.15) is 29.9 Å². The van der Waals surface area contributed by atoms with E-state index in [1.54, 1.807) is 11.0 Å². The first-order valence-corrected chi connectivity index (χ1v) is 10.4. The number of hydrogen-bond acceptors (Lipinski definition) is 6. The molecule has 8 nitrogen and oxygen atoms in total. The molecular formula is C19H30N4O4S. The van der Waals surface area contributed by atoms with E-state index >= 15 is 0 Å². The fourth-order valence-electron chi connectivity index (χ4n) is 3.42. The SMILES string of the molecule is COCC(=O)N1CC(N(CC(C)C)C(=O)c2cccs2)CC1C(=O)NCCN. The molecule has 0 spiro atoms. The number of nitrogens with one attached hydrogen (secondary N) is 1. The average molecular weight is 411 g/mol. The van der Waals surface area contributed by atoms with E-state index < -0.39 is 6.04 Å². The van der Waals surface area contributed by atoms with E-state index in [1.165, 1.54) is 23.3 Å². The van der Waals surface area contributed by atoms with Gasteiger partial charge in [-0.2, -0.15) is 0 Å². The lowest BCUT2D eigenvalue weighted by atomic mass is 10.1. The summed E-state index contributed by atoms with van der Waals surface area (Å²) in [5.41, 5.74) is 5.47. The lowest BCUT2D eigenvalue weighted by molar-refractivity contribution is -0.141. The van der Waals surface area contributed by atoms with E-state index in [2.05, 4.69) is 5.32 Å². The largest absolute Gasteiger partial charge is 0.375 e.